The average Bonchev–Trinajstić information content (AvgIpc) is 3.02. The molecule has 0 saturated carbocycles. The fraction of sp³-hybridized carbons (Fsp3) is 0.353. The molecule has 1 atom stereocenters. The molecule has 0 aliphatic carbocycles. The van der Waals surface area contributed by atoms with Crippen LogP contribution in [-0.4, -0.2) is 35.9 Å². The summed E-state index contributed by atoms with van der Waals surface area (Å²) in [7, 11) is 1.31. The second-order valence-electron chi connectivity index (χ2n) is 5.59. The van der Waals surface area contributed by atoms with Crippen LogP contribution in [0.2, 0.25) is 0 Å². The van der Waals surface area contributed by atoms with E-state index in [1.807, 2.05) is 6.07 Å². The molecule has 120 valence electrons. The third kappa shape index (κ3) is 3.47. The van der Waals surface area contributed by atoms with Crippen LogP contribution < -0.4 is 4.90 Å². The molecule has 3 rings (SSSR count). The van der Waals surface area contributed by atoms with E-state index < -0.39 is 5.97 Å². The Labute approximate surface area is 134 Å². The topological polar surface area (TPSA) is 55.3 Å². The molecule has 1 saturated heterocycles. The van der Waals surface area contributed by atoms with Crippen molar-refractivity contribution in [1.82, 2.24) is 10.2 Å². The number of aromatic nitrogens is 2. The van der Waals surface area contributed by atoms with Crippen molar-refractivity contribution in [3.05, 3.63) is 53.5 Å². The van der Waals surface area contributed by atoms with E-state index in [0.717, 1.165) is 37.2 Å². The Morgan fingerprint density at radius 1 is 1.35 bits per heavy atom. The Morgan fingerprint density at radius 2 is 2.22 bits per heavy atom. The zero-order chi connectivity index (χ0) is 16.2. The molecule has 0 unspecified atom stereocenters. The molecule has 1 aliphatic heterocycles. The van der Waals surface area contributed by atoms with Crippen LogP contribution in [0, 0.1) is 5.82 Å². The highest BCUT2D eigenvalue weighted by atomic mass is 19.1. The molecule has 1 fully saturated rings. The number of ether oxygens (including phenoxy) is 1. The Hall–Kier alpha value is -2.50. The smallest absolute Gasteiger partial charge is 0.358 e. The van der Waals surface area contributed by atoms with Crippen LogP contribution in [0.4, 0.5) is 10.2 Å². The number of rotatable bonds is 4. The molecule has 1 aromatic carbocycles. The molecule has 2 aromatic rings. The monoisotopic (exact) mass is 315 g/mol. The van der Waals surface area contributed by atoms with Gasteiger partial charge in [-0.2, -0.15) is 0 Å². The second-order valence-corrected chi connectivity index (χ2v) is 5.59. The van der Waals surface area contributed by atoms with Crippen LogP contribution in [-0.2, 0) is 11.2 Å². The van der Waals surface area contributed by atoms with Gasteiger partial charge >= 0.3 is 5.97 Å². The van der Waals surface area contributed by atoms with Crippen LogP contribution in [0.15, 0.2) is 36.4 Å². The van der Waals surface area contributed by atoms with E-state index in [2.05, 4.69) is 19.8 Å². The van der Waals surface area contributed by atoms with Gasteiger partial charge in [-0.3, -0.25) is 0 Å². The van der Waals surface area contributed by atoms with Gasteiger partial charge < -0.3 is 9.64 Å². The van der Waals surface area contributed by atoms with Gasteiger partial charge in [-0.1, -0.05) is 12.1 Å². The summed E-state index contributed by atoms with van der Waals surface area (Å²) in [6, 6.07) is 10.3. The molecule has 6 heteroatoms. The van der Waals surface area contributed by atoms with E-state index in [0.29, 0.717) is 0 Å². The molecule has 5 nitrogen and oxygen atoms in total. The van der Waals surface area contributed by atoms with Crippen molar-refractivity contribution in [3.8, 4) is 0 Å². The first-order valence-corrected chi connectivity index (χ1v) is 7.60. The Morgan fingerprint density at radius 3 is 2.91 bits per heavy atom. The predicted octanol–water partition coefficient (Wildman–Crippen LogP) is 2.61. The summed E-state index contributed by atoms with van der Waals surface area (Å²) in [6.07, 6.45) is 2.84. The molecule has 1 aromatic heterocycles. The van der Waals surface area contributed by atoms with E-state index in [1.165, 1.54) is 13.2 Å². The minimum Gasteiger partial charge on any atom is -0.464 e. The van der Waals surface area contributed by atoms with Crippen molar-refractivity contribution in [1.29, 1.82) is 0 Å². The molecule has 23 heavy (non-hydrogen) atoms. The van der Waals surface area contributed by atoms with E-state index >= 15 is 0 Å². The summed E-state index contributed by atoms with van der Waals surface area (Å²) in [5.74, 6) is 0.0209. The zero-order valence-corrected chi connectivity index (χ0v) is 12.9. The lowest BCUT2D eigenvalue weighted by Crippen LogP contribution is -2.32. The fourth-order valence-corrected chi connectivity index (χ4v) is 2.98. The largest absolute Gasteiger partial charge is 0.464 e. The number of nitrogens with zero attached hydrogens (tertiary/aromatic N) is 3. The van der Waals surface area contributed by atoms with E-state index in [-0.39, 0.29) is 17.6 Å². The third-order valence-corrected chi connectivity index (χ3v) is 4.08. The molecule has 0 N–H and O–H groups in total. The standard InChI is InChI=1S/C17H18FN3O2/c1-23-17(22)15-7-8-16(20-19-15)21-9-3-6-14(21)11-12-4-2-5-13(18)10-12/h2,4-5,7-8,10,14H,3,6,9,11H2,1H3/t14-/m0/s1. The van der Waals surface area contributed by atoms with Gasteiger partial charge in [-0.05, 0) is 49.1 Å². The number of esters is 1. The molecular weight excluding hydrogens is 297 g/mol. The average molecular weight is 315 g/mol. The number of methoxy groups -OCH3 is 1. The summed E-state index contributed by atoms with van der Waals surface area (Å²) >= 11 is 0. The number of hydrogen-bond acceptors (Lipinski definition) is 5. The van der Waals surface area contributed by atoms with Gasteiger partial charge in [0.1, 0.15) is 5.82 Å². The normalized spacial score (nSPS) is 17.3. The van der Waals surface area contributed by atoms with Gasteiger partial charge in [-0.25, -0.2) is 9.18 Å². The number of anilines is 1. The SMILES string of the molecule is COC(=O)c1ccc(N2CCC[C@H]2Cc2cccc(F)c2)nn1. The molecule has 1 aliphatic rings. The highest BCUT2D eigenvalue weighted by molar-refractivity contribution is 5.87. The van der Waals surface area contributed by atoms with Crippen LogP contribution in [0.25, 0.3) is 0 Å². The van der Waals surface area contributed by atoms with Crippen LogP contribution in [0.1, 0.15) is 28.9 Å². The lowest BCUT2D eigenvalue weighted by Gasteiger charge is -2.25. The molecular formula is C17H18FN3O2. The lowest BCUT2D eigenvalue weighted by molar-refractivity contribution is 0.0592. The first-order valence-electron chi connectivity index (χ1n) is 7.60. The molecule has 0 radical (unpaired) electrons. The number of halogens is 1. The van der Waals surface area contributed by atoms with Gasteiger partial charge in [0.15, 0.2) is 11.5 Å². The van der Waals surface area contributed by atoms with Crippen molar-refractivity contribution < 1.29 is 13.9 Å². The summed E-state index contributed by atoms with van der Waals surface area (Å²) in [5, 5.41) is 8.06. The van der Waals surface area contributed by atoms with Gasteiger partial charge in [0.05, 0.1) is 7.11 Å². The van der Waals surface area contributed by atoms with Crippen molar-refractivity contribution in [3.63, 3.8) is 0 Å². The van der Waals surface area contributed by atoms with Gasteiger partial charge in [0.2, 0.25) is 0 Å². The highest BCUT2D eigenvalue weighted by Gasteiger charge is 2.26. The molecule has 0 spiro atoms. The number of benzene rings is 1. The summed E-state index contributed by atoms with van der Waals surface area (Å²) in [6.45, 7) is 0.881. The maximum absolute atomic E-state index is 13.3. The van der Waals surface area contributed by atoms with Gasteiger partial charge in [0, 0.05) is 12.6 Å². The van der Waals surface area contributed by atoms with Crippen LogP contribution in [0.5, 0.6) is 0 Å². The minimum absolute atomic E-state index is 0.192. The first-order chi connectivity index (χ1) is 11.2. The summed E-state index contributed by atoms with van der Waals surface area (Å²) < 4.78 is 18.0. The van der Waals surface area contributed by atoms with Crippen molar-refractivity contribution in [2.75, 3.05) is 18.6 Å². The molecule has 2 heterocycles. The highest BCUT2D eigenvalue weighted by Crippen LogP contribution is 2.26. The predicted molar refractivity (Wildman–Crippen MR) is 83.8 cm³/mol. The second kappa shape index (κ2) is 6.73. The van der Waals surface area contributed by atoms with Crippen molar-refractivity contribution >= 4 is 11.8 Å². The van der Waals surface area contributed by atoms with E-state index in [1.54, 1.807) is 24.3 Å². The number of hydrogen-bond donors (Lipinski definition) is 0. The van der Waals surface area contributed by atoms with Crippen LogP contribution in [0.3, 0.4) is 0 Å². The minimum atomic E-state index is -0.498. The Bertz CT molecular complexity index is 690. The first kappa shape index (κ1) is 15.4. The van der Waals surface area contributed by atoms with E-state index in [4.69, 9.17) is 0 Å². The third-order valence-electron chi connectivity index (χ3n) is 4.08. The fourth-order valence-electron chi connectivity index (χ4n) is 2.98. The zero-order valence-electron chi connectivity index (χ0n) is 12.9. The van der Waals surface area contributed by atoms with E-state index in [9.17, 15) is 9.18 Å². The van der Waals surface area contributed by atoms with Crippen molar-refractivity contribution in [2.45, 2.75) is 25.3 Å². The summed E-state index contributed by atoms with van der Waals surface area (Å²) in [4.78, 5) is 13.6. The molecule has 0 amide bonds. The van der Waals surface area contributed by atoms with Crippen LogP contribution >= 0.6 is 0 Å². The van der Waals surface area contributed by atoms with Gasteiger partial charge in [0.25, 0.3) is 0 Å². The number of carbonyl (C=O) groups is 1. The quantitative estimate of drug-likeness (QED) is 0.812. The summed E-state index contributed by atoms with van der Waals surface area (Å²) in [5.41, 5.74) is 1.16. The Balaban J connectivity index is 1.74. The maximum atomic E-state index is 13.3. The van der Waals surface area contributed by atoms with Crippen molar-refractivity contribution in [2.24, 2.45) is 0 Å². The Kier molecular flexibility index (Phi) is 4.50. The lowest BCUT2D eigenvalue weighted by atomic mass is 10.0. The maximum Gasteiger partial charge on any atom is 0.358 e. The number of carbonyl (C=O) groups excluding carboxylic acids is 1. The molecule has 0 bridgehead atoms. The van der Waals surface area contributed by atoms with Gasteiger partial charge in [-0.15, -0.1) is 10.2 Å².